The van der Waals surface area contributed by atoms with E-state index in [1.165, 1.54) is 11.1 Å². The summed E-state index contributed by atoms with van der Waals surface area (Å²) >= 11 is 1.65. The minimum atomic E-state index is -0.777. The highest BCUT2D eigenvalue weighted by molar-refractivity contribution is 7.99. The predicted octanol–water partition coefficient (Wildman–Crippen LogP) is 4.39. The minimum Gasteiger partial charge on any atom is -0.450 e. The lowest BCUT2D eigenvalue weighted by molar-refractivity contribution is -0.117. The minimum absolute atomic E-state index is 0.0737. The van der Waals surface area contributed by atoms with E-state index in [4.69, 9.17) is 15.5 Å². The van der Waals surface area contributed by atoms with Crippen LogP contribution < -0.4 is 5.73 Å². The molecule has 0 atom stereocenters. The Balaban J connectivity index is 2.39. The van der Waals surface area contributed by atoms with Crippen molar-refractivity contribution >= 4 is 23.6 Å². The number of amides is 1. The van der Waals surface area contributed by atoms with Crippen LogP contribution in [-0.4, -0.2) is 28.0 Å². The highest BCUT2D eigenvalue weighted by Crippen LogP contribution is 2.36. The summed E-state index contributed by atoms with van der Waals surface area (Å²) in [7, 11) is 0. The Morgan fingerprint density at radius 2 is 1.86 bits per heavy atom. The van der Waals surface area contributed by atoms with E-state index in [-0.39, 0.29) is 24.9 Å². The number of nitrogens with zero attached hydrogens (tertiary/aromatic N) is 2. The number of hydrogen-bond acceptors (Lipinski definition) is 5. The van der Waals surface area contributed by atoms with Crippen molar-refractivity contribution in [1.82, 2.24) is 9.55 Å². The van der Waals surface area contributed by atoms with E-state index in [0.717, 1.165) is 21.4 Å². The molecule has 0 fully saturated rings. The molecule has 2 aromatic rings. The van der Waals surface area contributed by atoms with Gasteiger partial charge in [-0.15, -0.1) is 0 Å². The molecule has 1 aromatic carbocycles. The molecular weight excluding hydrogens is 374 g/mol. The second kappa shape index (κ2) is 9.78. The van der Waals surface area contributed by atoms with Gasteiger partial charge < -0.3 is 15.0 Å². The first-order valence-electron chi connectivity index (χ1n) is 9.44. The number of carbonyl (C=O) groups is 2. The molecule has 0 radical (unpaired) electrons. The van der Waals surface area contributed by atoms with Gasteiger partial charge in [0.25, 0.3) is 0 Å². The SMILES string of the molecule is CC(=O)Cn1c(CCCOC(N)=O)nc(C(C)C)c1Sc1cc(C)cc(C)c1. The van der Waals surface area contributed by atoms with Crippen LogP contribution in [0.15, 0.2) is 28.1 Å². The molecule has 0 aliphatic rings. The van der Waals surface area contributed by atoms with Crippen molar-refractivity contribution < 1.29 is 14.3 Å². The molecule has 2 rings (SSSR count). The molecule has 1 amide bonds. The maximum Gasteiger partial charge on any atom is 0.404 e. The van der Waals surface area contributed by atoms with Crippen LogP contribution in [0.4, 0.5) is 4.79 Å². The fraction of sp³-hybridized carbons (Fsp3) is 0.476. The van der Waals surface area contributed by atoms with Gasteiger partial charge in [0.2, 0.25) is 0 Å². The molecule has 0 unspecified atom stereocenters. The number of imidazole rings is 1. The van der Waals surface area contributed by atoms with Gasteiger partial charge in [-0.05, 0) is 56.4 Å². The quantitative estimate of drug-likeness (QED) is 0.627. The number of benzene rings is 1. The Bertz CT molecular complexity index is 839. The zero-order valence-electron chi connectivity index (χ0n) is 17.2. The number of primary amides is 1. The first-order valence-corrected chi connectivity index (χ1v) is 10.3. The molecule has 0 bridgehead atoms. The van der Waals surface area contributed by atoms with Crippen molar-refractivity contribution in [3.8, 4) is 0 Å². The van der Waals surface area contributed by atoms with Gasteiger partial charge in [-0.2, -0.15) is 0 Å². The third-order valence-electron chi connectivity index (χ3n) is 4.15. The summed E-state index contributed by atoms with van der Waals surface area (Å²) in [5, 5.41) is 1.00. The van der Waals surface area contributed by atoms with Gasteiger partial charge in [0.15, 0.2) is 0 Å². The number of aromatic nitrogens is 2. The van der Waals surface area contributed by atoms with Crippen molar-refractivity contribution in [3.05, 3.63) is 40.8 Å². The average molecular weight is 404 g/mol. The van der Waals surface area contributed by atoms with E-state index < -0.39 is 6.09 Å². The highest BCUT2D eigenvalue weighted by atomic mass is 32.2. The normalized spacial score (nSPS) is 11.1. The first kappa shape index (κ1) is 22.0. The van der Waals surface area contributed by atoms with Crippen molar-refractivity contribution in [2.24, 2.45) is 5.73 Å². The molecule has 0 aliphatic carbocycles. The number of rotatable bonds is 9. The number of ether oxygens (including phenoxy) is 1. The lowest BCUT2D eigenvalue weighted by atomic mass is 10.1. The summed E-state index contributed by atoms with van der Waals surface area (Å²) in [5.41, 5.74) is 8.41. The third-order valence-corrected chi connectivity index (χ3v) is 5.25. The molecule has 0 spiro atoms. The van der Waals surface area contributed by atoms with Gasteiger partial charge in [-0.1, -0.05) is 31.7 Å². The molecular formula is C21H29N3O3S. The fourth-order valence-electron chi connectivity index (χ4n) is 3.07. The molecule has 152 valence electrons. The van der Waals surface area contributed by atoms with Crippen molar-refractivity contribution in [3.63, 3.8) is 0 Å². The maximum atomic E-state index is 11.9. The van der Waals surface area contributed by atoms with Crippen LogP contribution in [0, 0.1) is 13.8 Å². The summed E-state index contributed by atoms with van der Waals surface area (Å²) < 4.78 is 6.82. The second-order valence-corrected chi connectivity index (χ2v) is 8.42. The van der Waals surface area contributed by atoms with Crippen LogP contribution in [0.5, 0.6) is 0 Å². The van der Waals surface area contributed by atoms with Crippen molar-refractivity contribution in [1.29, 1.82) is 0 Å². The van der Waals surface area contributed by atoms with Gasteiger partial charge in [0, 0.05) is 11.3 Å². The molecule has 0 saturated carbocycles. The number of aryl methyl sites for hydroxylation is 3. The van der Waals surface area contributed by atoms with Gasteiger partial charge in [-0.3, -0.25) is 4.79 Å². The van der Waals surface area contributed by atoms with Gasteiger partial charge >= 0.3 is 6.09 Å². The summed E-state index contributed by atoms with van der Waals surface area (Å²) in [6.45, 7) is 10.5. The Hall–Kier alpha value is -2.28. The van der Waals surface area contributed by atoms with E-state index in [1.807, 2.05) is 4.57 Å². The van der Waals surface area contributed by atoms with Gasteiger partial charge in [0.1, 0.15) is 16.6 Å². The lowest BCUT2D eigenvalue weighted by Gasteiger charge is -2.13. The molecule has 1 heterocycles. The summed E-state index contributed by atoms with van der Waals surface area (Å²) in [5.74, 6) is 1.13. The molecule has 7 heteroatoms. The Morgan fingerprint density at radius 1 is 1.21 bits per heavy atom. The van der Waals surface area contributed by atoms with E-state index in [1.54, 1.807) is 18.7 Å². The zero-order valence-corrected chi connectivity index (χ0v) is 18.1. The molecule has 6 nitrogen and oxygen atoms in total. The monoisotopic (exact) mass is 403 g/mol. The van der Waals surface area contributed by atoms with Crippen LogP contribution >= 0.6 is 11.8 Å². The van der Waals surface area contributed by atoms with Gasteiger partial charge in [-0.25, -0.2) is 9.78 Å². The van der Waals surface area contributed by atoms with Crippen LogP contribution in [0.3, 0.4) is 0 Å². The molecule has 1 aromatic heterocycles. The number of nitrogens with two attached hydrogens (primary N) is 1. The van der Waals surface area contributed by atoms with E-state index in [9.17, 15) is 9.59 Å². The highest BCUT2D eigenvalue weighted by Gasteiger charge is 2.21. The Kier molecular flexibility index (Phi) is 7.69. The van der Waals surface area contributed by atoms with E-state index in [0.29, 0.717) is 12.8 Å². The standard InChI is InChI=1S/C21H29N3O3S/c1-13(2)19-20(28-17-10-14(3)9-15(4)11-17)24(12-16(5)25)18(23-19)7-6-8-27-21(22)26/h9-11,13H,6-8,12H2,1-5H3,(H2,22,26). The molecule has 0 saturated heterocycles. The van der Waals surface area contributed by atoms with Gasteiger partial charge in [0.05, 0.1) is 18.8 Å². The molecule has 2 N–H and O–H groups in total. The predicted molar refractivity (Wildman–Crippen MR) is 111 cm³/mol. The first-order chi connectivity index (χ1) is 13.2. The number of ketones is 1. The summed E-state index contributed by atoms with van der Waals surface area (Å²) in [6.07, 6.45) is 0.428. The lowest BCUT2D eigenvalue weighted by Crippen LogP contribution is -2.15. The van der Waals surface area contributed by atoms with Crippen molar-refractivity contribution in [2.45, 2.75) is 69.8 Å². The summed E-state index contributed by atoms with van der Waals surface area (Å²) in [4.78, 5) is 28.7. The largest absolute Gasteiger partial charge is 0.450 e. The van der Waals surface area contributed by atoms with Crippen LogP contribution in [0.25, 0.3) is 0 Å². The fourth-order valence-corrected chi connectivity index (χ4v) is 4.45. The number of carbonyl (C=O) groups excluding carboxylic acids is 2. The second-order valence-electron chi connectivity index (χ2n) is 7.36. The third kappa shape index (κ3) is 6.12. The maximum absolute atomic E-state index is 11.9. The van der Waals surface area contributed by atoms with E-state index in [2.05, 4.69) is 45.9 Å². The zero-order chi connectivity index (χ0) is 20.8. The Labute approximate surface area is 170 Å². The number of Topliss-reactive ketones (excluding diaryl/α,β-unsaturated/α-hetero) is 1. The summed E-state index contributed by atoms with van der Waals surface area (Å²) in [6, 6.07) is 6.44. The average Bonchev–Trinajstić information content (AvgIpc) is 2.88. The molecule has 28 heavy (non-hydrogen) atoms. The van der Waals surface area contributed by atoms with Crippen LogP contribution in [0.1, 0.15) is 55.8 Å². The topological polar surface area (TPSA) is 87.2 Å². The number of hydrogen-bond donors (Lipinski definition) is 1. The van der Waals surface area contributed by atoms with Crippen LogP contribution in [-0.2, 0) is 22.5 Å². The van der Waals surface area contributed by atoms with Crippen LogP contribution in [0.2, 0.25) is 0 Å². The van der Waals surface area contributed by atoms with E-state index >= 15 is 0 Å². The molecule has 0 aliphatic heterocycles. The Morgan fingerprint density at radius 3 is 2.39 bits per heavy atom. The smallest absolute Gasteiger partial charge is 0.404 e. The van der Waals surface area contributed by atoms with Crippen molar-refractivity contribution in [2.75, 3.05) is 6.61 Å².